The van der Waals surface area contributed by atoms with Gasteiger partial charge in [-0.2, -0.15) is 10.4 Å². The molecule has 2 rings (SSSR count). The maximum atomic E-state index is 10.9. The summed E-state index contributed by atoms with van der Waals surface area (Å²) in [5, 5.41) is 19.4. The first kappa shape index (κ1) is 12.3. The molecular formula is C12H10N4OS. The lowest BCUT2D eigenvalue weighted by atomic mass is 10.1. The highest BCUT2D eigenvalue weighted by Crippen LogP contribution is 2.08. The first-order valence-corrected chi connectivity index (χ1v) is 6.26. The molecule has 1 amide bonds. The molecule has 0 aromatic heterocycles. The number of hydrogen-bond donors (Lipinski definition) is 1. The van der Waals surface area contributed by atoms with Crippen molar-refractivity contribution < 1.29 is 4.79 Å². The Hall–Kier alpha value is -2.13. The van der Waals surface area contributed by atoms with Gasteiger partial charge in [0.25, 0.3) is 0 Å². The number of nitriles is 1. The van der Waals surface area contributed by atoms with Gasteiger partial charge in [-0.05, 0) is 11.1 Å². The van der Waals surface area contributed by atoms with E-state index in [1.54, 1.807) is 6.21 Å². The molecule has 1 aromatic carbocycles. The summed E-state index contributed by atoms with van der Waals surface area (Å²) in [6.07, 6.45) is 2.01. The van der Waals surface area contributed by atoms with Crippen LogP contribution in [0, 0.1) is 11.3 Å². The van der Waals surface area contributed by atoms with Gasteiger partial charge in [0, 0.05) is 0 Å². The largest absolute Gasteiger partial charge is 0.303 e. The summed E-state index contributed by atoms with van der Waals surface area (Å²) >= 11 is 1.33. The molecule has 1 heterocycles. The van der Waals surface area contributed by atoms with E-state index >= 15 is 0 Å². The zero-order valence-corrected chi connectivity index (χ0v) is 10.3. The quantitative estimate of drug-likeness (QED) is 0.655. The van der Waals surface area contributed by atoms with Crippen LogP contribution in [0.4, 0.5) is 0 Å². The smallest absolute Gasteiger partial charge is 0.236 e. The molecule has 0 bridgehead atoms. The Morgan fingerprint density at radius 1 is 1.44 bits per heavy atom. The third-order valence-electron chi connectivity index (χ3n) is 2.20. The monoisotopic (exact) mass is 258 g/mol. The Labute approximate surface area is 109 Å². The van der Waals surface area contributed by atoms with Crippen LogP contribution in [-0.4, -0.2) is 23.0 Å². The Balaban J connectivity index is 1.97. The van der Waals surface area contributed by atoms with Gasteiger partial charge in [-0.15, -0.1) is 5.10 Å². The maximum Gasteiger partial charge on any atom is 0.236 e. The number of nitrogens with zero attached hydrogens (tertiary/aromatic N) is 3. The van der Waals surface area contributed by atoms with Crippen LogP contribution in [0.1, 0.15) is 11.1 Å². The zero-order chi connectivity index (χ0) is 12.8. The molecule has 0 saturated carbocycles. The molecule has 1 N–H and O–H groups in total. The van der Waals surface area contributed by atoms with Crippen molar-refractivity contribution in [1.82, 2.24) is 5.32 Å². The van der Waals surface area contributed by atoms with E-state index in [0.29, 0.717) is 17.3 Å². The number of rotatable bonds is 3. The summed E-state index contributed by atoms with van der Waals surface area (Å²) in [5.74, 6) is 0.354. The van der Waals surface area contributed by atoms with E-state index in [4.69, 9.17) is 5.26 Å². The fourth-order valence-corrected chi connectivity index (χ4v) is 1.97. The van der Waals surface area contributed by atoms with Gasteiger partial charge in [-0.1, -0.05) is 36.0 Å². The molecule has 1 aromatic rings. The highest BCUT2D eigenvalue weighted by atomic mass is 32.2. The summed E-state index contributed by atoms with van der Waals surface area (Å²) in [7, 11) is 0. The van der Waals surface area contributed by atoms with E-state index in [1.807, 2.05) is 24.3 Å². The molecule has 0 radical (unpaired) electrons. The number of amides is 1. The third-order valence-corrected chi connectivity index (χ3v) is 3.07. The van der Waals surface area contributed by atoms with Crippen molar-refractivity contribution in [3.05, 3.63) is 35.4 Å². The minimum absolute atomic E-state index is 0.0465. The van der Waals surface area contributed by atoms with Crippen LogP contribution in [0.2, 0.25) is 0 Å². The normalized spacial score (nSPS) is 17.1. The third kappa shape index (κ3) is 3.43. The van der Waals surface area contributed by atoms with Gasteiger partial charge < -0.3 is 5.32 Å². The Morgan fingerprint density at radius 3 is 2.83 bits per heavy atom. The van der Waals surface area contributed by atoms with Crippen molar-refractivity contribution in [2.75, 3.05) is 5.75 Å². The number of thioether (sulfide) groups is 1. The Bertz CT molecular complexity index is 542. The van der Waals surface area contributed by atoms with Crippen molar-refractivity contribution in [2.45, 2.75) is 6.42 Å². The molecule has 0 spiro atoms. The van der Waals surface area contributed by atoms with E-state index in [2.05, 4.69) is 21.6 Å². The van der Waals surface area contributed by atoms with Gasteiger partial charge in [0.05, 0.1) is 24.5 Å². The van der Waals surface area contributed by atoms with Crippen molar-refractivity contribution in [3.8, 4) is 6.07 Å². The summed E-state index contributed by atoms with van der Waals surface area (Å²) < 4.78 is 0. The Morgan fingerprint density at radius 2 is 2.22 bits per heavy atom. The van der Waals surface area contributed by atoms with Gasteiger partial charge in [-0.3, -0.25) is 4.79 Å². The topological polar surface area (TPSA) is 77.6 Å². The summed E-state index contributed by atoms with van der Waals surface area (Å²) in [4.78, 5) is 10.9. The number of benzene rings is 1. The molecular weight excluding hydrogens is 248 g/mol. The molecule has 1 saturated heterocycles. The standard InChI is InChI=1S/C12H10N4OS/c13-6-5-9-1-3-10(4-2-9)7-14-16-12-15-11(17)8-18-12/h1-4,7H,5,8H2,(H,15,16,17). The molecule has 1 fully saturated rings. The minimum atomic E-state index is -0.0465. The first-order valence-electron chi connectivity index (χ1n) is 5.27. The highest BCUT2D eigenvalue weighted by molar-refractivity contribution is 8.15. The lowest BCUT2D eigenvalue weighted by Crippen LogP contribution is -2.19. The fourth-order valence-electron chi connectivity index (χ4n) is 1.34. The van der Waals surface area contributed by atoms with Crippen LogP contribution in [0.3, 0.4) is 0 Å². The summed E-state index contributed by atoms with van der Waals surface area (Å²) in [6, 6.07) is 9.59. The van der Waals surface area contributed by atoms with Gasteiger partial charge in [0.15, 0.2) is 5.17 Å². The molecule has 1 aliphatic rings. The maximum absolute atomic E-state index is 10.9. The SMILES string of the molecule is N#CCc1ccc(C=NN=C2NC(=O)CS2)cc1. The molecule has 0 aliphatic carbocycles. The number of nitrogens with one attached hydrogen (secondary N) is 1. The second kappa shape index (κ2) is 5.98. The van der Waals surface area contributed by atoms with Gasteiger partial charge in [0.1, 0.15) is 0 Å². The molecule has 1 aliphatic heterocycles. The van der Waals surface area contributed by atoms with Crippen LogP contribution < -0.4 is 5.32 Å². The lowest BCUT2D eigenvalue weighted by molar-refractivity contribution is -0.116. The van der Waals surface area contributed by atoms with Crippen LogP contribution in [0.25, 0.3) is 0 Å². The lowest BCUT2D eigenvalue weighted by Gasteiger charge is -1.95. The molecule has 6 heteroatoms. The van der Waals surface area contributed by atoms with E-state index in [1.165, 1.54) is 11.8 Å². The van der Waals surface area contributed by atoms with E-state index < -0.39 is 0 Å². The average Bonchev–Trinajstić information content (AvgIpc) is 2.78. The number of hydrogen-bond acceptors (Lipinski definition) is 5. The predicted octanol–water partition coefficient (Wildman–Crippen LogP) is 1.31. The van der Waals surface area contributed by atoms with Crippen LogP contribution in [0.15, 0.2) is 34.5 Å². The summed E-state index contributed by atoms with van der Waals surface area (Å²) in [5.41, 5.74) is 1.87. The van der Waals surface area contributed by atoms with Gasteiger partial charge >= 0.3 is 0 Å². The molecule has 0 atom stereocenters. The second-order valence-electron chi connectivity index (χ2n) is 3.56. The van der Waals surface area contributed by atoms with Crippen LogP contribution >= 0.6 is 11.8 Å². The van der Waals surface area contributed by atoms with E-state index in [9.17, 15) is 4.79 Å². The van der Waals surface area contributed by atoms with Gasteiger partial charge in [0.2, 0.25) is 5.91 Å². The van der Waals surface area contributed by atoms with E-state index in [-0.39, 0.29) is 5.91 Å². The highest BCUT2D eigenvalue weighted by Gasteiger charge is 2.15. The van der Waals surface area contributed by atoms with Crippen LogP contribution in [-0.2, 0) is 11.2 Å². The molecule has 18 heavy (non-hydrogen) atoms. The average molecular weight is 258 g/mol. The predicted molar refractivity (Wildman–Crippen MR) is 71.4 cm³/mol. The molecule has 90 valence electrons. The minimum Gasteiger partial charge on any atom is -0.303 e. The first-order chi connectivity index (χ1) is 8.78. The van der Waals surface area contributed by atoms with Gasteiger partial charge in [-0.25, -0.2) is 0 Å². The molecule has 0 unspecified atom stereocenters. The number of carbonyl (C=O) groups is 1. The zero-order valence-electron chi connectivity index (χ0n) is 9.46. The number of amidine groups is 1. The summed E-state index contributed by atoms with van der Waals surface area (Å²) in [6.45, 7) is 0. The second-order valence-corrected chi connectivity index (χ2v) is 4.53. The number of carbonyl (C=O) groups excluding carboxylic acids is 1. The fraction of sp³-hybridized carbons (Fsp3) is 0.167. The van der Waals surface area contributed by atoms with Crippen molar-refractivity contribution >= 4 is 29.1 Å². The van der Waals surface area contributed by atoms with Crippen molar-refractivity contribution in [2.24, 2.45) is 10.2 Å². The van der Waals surface area contributed by atoms with Crippen LogP contribution in [0.5, 0.6) is 0 Å². The van der Waals surface area contributed by atoms with Crippen molar-refractivity contribution in [3.63, 3.8) is 0 Å². The Kier molecular flexibility index (Phi) is 4.10. The van der Waals surface area contributed by atoms with E-state index in [0.717, 1.165) is 11.1 Å². The molecule has 5 nitrogen and oxygen atoms in total. The van der Waals surface area contributed by atoms with Crippen molar-refractivity contribution in [1.29, 1.82) is 5.26 Å².